The Morgan fingerprint density at radius 1 is 0.857 bits per heavy atom. The molecule has 0 spiro atoms. The highest BCUT2D eigenvalue weighted by molar-refractivity contribution is 5.51. The smallest absolute Gasteiger partial charge is 0.203 e. The van der Waals surface area contributed by atoms with E-state index in [1.807, 2.05) is 18.2 Å². The van der Waals surface area contributed by atoms with Gasteiger partial charge in [-0.25, -0.2) is 0 Å². The lowest BCUT2D eigenvalue weighted by Crippen LogP contribution is -2.86. The van der Waals surface area contributed by atoms with Crippen LogP contribution in [0.5, 0.6) is 17.2 Å². The molecule has 1 rings (SSSR count). The summed E-state index contributed by atoms with van der Waals surface area (Å²) in [5.41, 5.74) is 0. The molecule has 0 bridgehead atoms. The van der Waals surface area contributed by atoms with Crippen molar-refractivity contribution in [1.29, 1.82) is 0 Å². The van der Waals surface area contributed by atoms with Gasteiger partial charge >= 0.3 is 0 Å². The van der Waals surface area contributed by atoms with E-state index in [9.17, 15) is 0 Å². The van der Waals surface area contributed by atoms with Gasteiger partial charge in [0, 0.05) is 7.11 Å². The summed E-state index contributed by atoms with van der Waals surface area (Å²) < 4.78 is 26.7. The molecule has 0 aliphatic carbocycles. The third-order valence-corrected chi connectivity index (χ3v) is 2.85. The van der Waals surface area contributed by atoms with Crippen molar-refractivity contribution in [3.8, 4) is 17.2 Å². The van der Waals surface area contributed by atoms with E-state index in [4.69, 9.17) is 23.7 Å². The quantitative estimate of drug-likeness (QED) is 0.563. The standard InChI is InChI=1S/C15H25NO5/c1-17-9-7-16-8-10-20-11-12-21-15-13(18-2)5-4-6-14(15)19-3/h4-6,16H,7-12H2,1-3H3/p+1. The summed E-state index contributed by atoms with van der Waals surface area (Å²) >= 11 is 0. The predicted octanol–water partition coefficient (Wildman–Crippen LogP) is 0.309. The van der Waals surface area contributed by atoms with Gasteiger partial charge in [0.2, 0.25) is 5.75 Å². The summed E-state index contributed by atoms with van der Waals surface area (Å²) in [5, 5.41) is 2.16. The Kier molecular flexibility index (Phi) is 9.35. The third kappa shape index (κ3) is 6.66. The minimum absolute atomic E-state index is 0.453. The maximum atomic E-state index is 5.69. The Morgan fingerprint density at radius 2 is 1.52 bits per heavy atom. The largest absolute Gasteiger partial charge is 0.493 e. The lowest BCUT2D eigenvalue weighted by atomic mass is 10.3. The maximum absolute atomic E-state index is 5.69. The van der Waals surface area contributed by atoms with Gasteiger partial charge < -0.3 is 29.0 Å². The summed E-state index contributed by atoms with van der Waals surface area (Å²) in [5.74, 6) is 1.92. The van der Waals surface area contributed by atoms with Crippen LogP contribution in [0.2, 0.25) is 0 Å². The Bertz CT molecular complexity index is 364. The first-order valence-corrected chi connectivity index (χ1v) is 7.05. The number of methoxy groups -OCH3 is 3. The first-order valence-electron chi connectivity index (χ1n) is 7.05. The van der Waals surface area contributed by atoms with Crippen LogP contribution < -0.4 is 19.5 Å². The Labute approximate surface area is 126 Å². The molecule has 0 fully saturated rings. The van der Waals surface area contributed by atoms with Crippen LogP contribution in [-0.4, -0.2) is 60.8 Å². The van der Waals surface area contributed by atoms with Crippen molar-refractivity contribution in [3.05, 3.63) is 18.2 Å². The van der Waals surface area contributed by atoms with E-state index in [1.165, 1.54) is 0 Å². The topological polar surface area (TPSA) is 62.8 Å². The number of benzene rings is 1. The molecule has 0 heterocycles. The highest BCUT2D eigenvalue weighted by atomic mass is 16.6. The number of rotatable bonds is 12. The molecule has 0 radical (unpaired) electrons. The fraction of sp³-hybridized carbons (Fsp3) is 0.600. The first kappa shape index (κ1) is 17.6. The lowest BCUT2D eigenvalue weighted by Gasteiger charge is -2.14. The van der Waals surface area contributed by atoms with Crippen LogP contribution in [0, 0.1) is 0 Å². The molecule has 0 atom stereocenters. The van der Waals surface area contributed by atoms with Crippen molar-refractivity contribution in [3.63, 3.8) is 0 Å². The molecule has 0 aliphatic heterocycles. The van der Waals surface area contributed by atoms with E-state index in [-0.39, 0.29) is 0 Å². The van der Waals surface area contributed by atoms with Gasteiger partial charge in [-0.15, -0.1) is 0 Å². The van der Waals surface area contributed by atoms with Crippen LogP contribution in [0.3, 0.4) is 0 Å². The van der Waals surface area contributed by atoms with Gasteiger partial charge in [0.25, 0.3) is 0 Å². The molecule has 0 amide bonds. The Morgan fingerprint density at radius 3 is 2.14 bits per heavy atom. The molecule has 0 saturated heterocycles. The number of hydrogen-bond acceptors (Lipinski definition) is 5. The minimum atomic E-state index is 0.453. The monoisotopic (exact) mass is 300 g/mol. The van der Waals surface area contributed by atoms with Crippen molar-refractivity contribution in [2.24, 2.45) is 0 Å². The van der Waals surface area contributed by atoms with Crippen LogP contribution in [0.4, 0.5) is 0 Å². The van der Waals surface area contributed by atoms with E-state index >= 15 is 0 Å². The summed E-state index contributed by atoms with van der Waals surface area (Å²) in [6.07, 6.45) is 0. The van der Waals surface area contributed by atoms with Gasteiger partial charge in [-0.05, 0) is 12.1 Å². The van der Waals surface area contributed by atoms with Gasteiger partial charge in [-0.3, -0.25) is 0 Å². The van der Waals surface area contributed by atoms with E-state index in [2.05, 4.69) is 5.32 Å². The average Bonchev–Trinajstić information content (AvgIpc) is 2.53. The number of ether oxygens (including phenoxy) is 5. The van der Waals surface area contributed by atoms with Crippen molar-refractivity contribution in [2.45, 2.75) is 0 Å². The molecule has 0 unspecified atom stereocenters. The van der Waals surface area contributed by atoms with Gasteiger partial charge in [0.05, 0.1) is 47.1 Å². The zero-order valence-corrected chi connectivity index (χ0v) is 13.1. The fourth-order valence-corrected chi connectivity index (χ4v) is 1.78. The predicted molar refractivity (Wildman–Crippen MR) is 79.4 cm³/mol. The molecular formula is C15H26NO5+. The molecule has 0 aliphatic rings. The van der Waals surface area contributed by atoms with E-state index in [1.54, 1.807) is 21.3 Å². The summed E-state index contributed by atoms with van der Waals surface area (Å²) in [4.78, 5) is 0. The number of hydrogen-bond donors (Lipinski definition) is 1. The number of nitrogens with two attached hydrogens (primary N) is 1. The molecule has 6 nitrogen and oxygen atoms in total. The van der Waals surface area contributed by atoms with Crippen LogP contribution >= 0.6 is 0 Å². The zero-order chi connectivity index (χ0) is 15.3. The third-order valence-electron chi connectivity index (χ3n) is 2.85. The minimum Gasteiger partial charge on any atom is -0.493 e. The van der Waals surface area contributed by atoms with E-state index in [0.29, 0.717) is 37.1 Å². The number of para-hydroxylation sites is 1. The van der Waals surface area contributed by atoms with E-state index < -0.39 is 0 Å². The average molecular weight is 300 g/mol. The van der Waals surface area contributed by atoms with E-state index in [0.717, 1.165) is 19.7 Å². The summed E-state index contributed by atoms with van der Waals surface area (Å²) in [7, 11) is 4.91. The normalized spacial score (nSPS) is 10.4. The summed E-state index contributed by atoms with van der Waals surface area (Å²) in [6, 6.07) is 5.53. The highest BCUT2D eigenvalue weighted by Gasteiger charge is 2.10. The summed E-state index contributed by atoms with van der Waals surface area (Å²) in [6.45, 7) is 4.30. The molecule has 1 aromatic rings. The molecular weight excluding hydrogens is 274 g/mol. The Hall–Kier alpha value is -1.50. The van der Waals surface area contributed by atoms with Gasteiger partial charge in [0.1, 0.15) is 6.61 Å². The highest BCUT2D eigenvalue weighted by Crippen LogP contribution is 2.36. The lowest BCUT2D eigenvalue weighted by molar-refractivity contribution is -0.657. The van der Waals surface area contributed by atoms with Crippen LogP contribution in [-0.2, 0) is 9.47 Å². The maximum Gasteiger partial charge on any atom is 0.203 e. The molecule has 1 aromatic carbocycles. The molecule has 2 N–H and O–H groups in total. The molecule has 0 aromatic heterocycles. The van der Waals surface area contributed by atoms with Crippen molar-refractivity contribution in [1.82, 2.24) is 0 Å². The van der Waals surface area contributed by atoms with Crippen LogP contribution in [0.25, 0.3) is 0 Å². The second-order valence-corrected chi connectivity index (χ2v) is 4.31. The van der Waals surface area contributed by atoms with Gasteiger partial charge in [-0.1, -0.05) is 6.07 Å². The SMILES string of the molecule is COCC[NH2+]CCOCCOc1c(OC)cccc1OC. The second-order valence-electron chi connectivity index (χ2n) is 4.31. The van der Waals surface area contributed by atoms with Gasteiger partial charge in [-0.2, -0.15) is 0 Å². The zero-order valence-electron chi connectivity index (χ0n) is 13.1. The van der Waals surface area contributed by atoms with Crippen molar-refractivity contribution < 1.29 is 29.0 Å². The first-order chi connectivity index (χ1) is 10.3. The molecule has 21 heavy (non-hydrogen) atoms. The van der Waals surface area contributed by atoms with Gasteiger partial charge in [0.15, 0.2) is 11.5 Å². The number of quaternary nitrogens is 1. The molecule has 120 valence electrons. The Balaban J connectivity index is 2.20. The molecule has 6 heteroatoms. The van der Waals surface area contributed by atoms with Crippen LogP contribution in [0.1, 0.15) is 0 Å². The fourth-order valence-electron chi connectivity index (χ4n) is 1.78. The molecule has 0 saturated carbocycles. The van der Waals surface area contributed by atoms with Crippen molar-refractivity contribution in [2.75, 3.05) is 60.8 Å². The van der Waals surface area contributed by atoms with Crippen molar-refractivity contribution >= 4 is 0 Å². The van der Waals surface area contributed by atoms with Crippen LogP contribution in [0.15, 0.2) is 18.2 Å². The second kappa shape index (κ2) is 11.2.